The summed E-state index contributed by atoms with van der Waals surface area (Å²) in [5, 5.41) is 11.0. The second-order valence-corrected chi connectivity index (χ2v) is 7.95. The van der Waals surface area contributed by atoms with E-state index in [2.05, 4.69) is 16.0 Å². The van der Waals surface area contributed by atoms with E-state index in [-0.39, 0.29) is 23.3 Å². The molecule has 0 aromatic heterocycles. The number of nitrogens with one attached hydrogen (secondary N) is 3. The number of hydrogen-bond donors (Lipinski definition) is 3. The molecular weight excluding hydrogens is 394 g/mol. The smallest absolute Gasteiger partial charge is 0.230 e. The Morgan fingerprint density at radius 1 is 0.833 bits per heavy atom. The molecule has 3 rings (SSSR count). The third-order valence-corrected chi connectivity index (χ3v) is 4.71. The molecule has 2 amide bonds. The molecule has 30 heavy (non-hydrogen) atoms. The summed E-state index contributed by atoms with van der Waals surface area (Å²) in [5.74, 6) is 0.115. The number of carbonyl (C=O) groups excluding carboxylic acids is 2. The van der Waals surface area contributed by atoms with Gasteiger partial charge in [0.25, 0.3) is 0 Å². The van der Waals surface area contributed by atoms with Gasteiger partial charge >= 0.3 is 0 Å². The van der Waals surface area contributed by atoms with Gasteiger partial charge in [-0.05, 0) is 58.7 Å². The number of thiocarbonyl (C=S) groups is 1. The standard InChI is InChI=1S/C24H25N3O2S/c1-16(2)14-22(28)25-19-10-12-20(13-11-19)26-24(30)27-23(29)15-18-8-5-7-17-6-3-4-9-21(17)18/h3-13,16H,14-15H2,1-2H3,(H,25,28)(H2,26,27,29,30). The minimum atomic E-state index is -0.179. The van der Waals surface area contributed by atoms with Crippen molar-refractivity contribution in [3.8, 4) is 0 Å². The lowest BCUT2D eigenvalue weighted by Gasteiger charge is -2.12. The van der Waals surface area contributed by atoms with Crippen molar-refractivity contribution in [3.05, 3.63) is 72.3 Å². The third-order valence-electron chi connectivity index (χ3n) is 4.50. The molecule has 154 valence electrons. The molecule has 0 atom stereocenters. The Kier molecular flexibility index (Phi) is 7.14. The minimum Gasteiger partial charge on any atom is -0.332 e. The summed E-state index contributed by atoms with van der Waals surface area (Å²) < 4.78 is 0. The SMILES string of the molecule is CC(C)CC(=O)Nc1ccc(NC(=S)NC(=O)Cc2cccc3ccccc23)cc1. The Labute approximate surface area is 181 Å². The first kappa shape index (κ1) is 21.5. The predicted octanol–water partition coefficient (Wildman–Crippen LogP) is 4.88. The van der Waals surface area contributed by atoms with Crippen LogP contribution in [0.2, 0.25) is 0 Å². The van der Waals surface area contributed by atoms with E-state index in [0.717, 1.165) is 27.7 Å². The van der Waals surface area contributed by atoms with E-state index < -0.39 is 0 Å². The monoisotopic (exact) mass is 419 g/mol. The number of amides is 2. The summed E-state index contributed by atoms with van der Waals surface area (Å²) in [6.07, 6.45) is 0.719. The molecule has 3 N–H and O–H groups in total. The molecule has 0 aliphatic carbocycles. The van der Waals surface area contributed by atoms with Crippen LogP contribution in [0.25, 0.3) is 10.8 Å². The lowest BCUT2D eigenvalue weighted by atomic mass is 10.0. The second kappa shape index (κ2) is 9.98. The quantitative estimate of drug-likeness (QED) is 0.498. The summed E-state index contributed by atoms with van der Waals surface area (Å²) in [4.78, 5) is 24.3. The van der Waals surface area contributed by atoms with E-state index >= 15 is 0 Å². The van der Waals surface area contributed by atoms with Gasteiger partial charge in [-0.25, -0.2) is 0 Å². The Morgan fingerprint density at radius 2 is 1.47 bits per heavy atom. The highest BCUT2D eigenvalue weighted by molar-refractivity contribution is 7.80. The number of benzene rings is 3. The summed E-state index contributed by atoms with van der Waals surface area (Å²) >= 11 is 5.26. The second-order valence-electron chi connectivity index (χ2n) is 7.54. The molecule has 0 spiro atoms. The van der Waals surface area contributed by atoms with Crippen molar-refractivity contribution >= 4 is 51.3 Å². The maximum absolute atomic E-state index is 12.4. The topological polar surface area (TPSA) is 70.2 Å². The number of hydrogen-bond acceptors (Lipinski definition) is 3. The van der Waals surface area contributed by atoms with Gasteiger partial charge in [0.15, 0.2) is 5.11 Å². The van der Waals surface area contributed by atoms with E-state index in [0.29, 0.717) is 12.3 Å². The van der Waals surface area contributed by atoms with Gasteiger partial charge < -0.3 is 16.0 Å². The van der Waals surface area contributed by atoms with Crippen LogP contribution in [0, 0.1) is 5.92 Å². The van der Waals surface area contributed by atoms with Gasteiger partial charge in [-0.3, -0.25) is 9.59 Å². The Balaban J connectivity index is 1.53. The highest BCUT2D eigenvalue weighted by Crippen LogP contribution is 2.19. The molecule has 6 heteroatoms. The molecule has 3 aromatic rings. The molecule has 0 unspecified atom stereocenters. The van der Waals surface area contributed by atoms with E-state index in [1.54, 1.807) is 24.3 Å². The van der Waals surface area contributed by atoms with E-state index in [9.17, 15) is 9.59 Å². The molecule has 0 aliphatic rings. The van der Waals surface area contributed by atoms with E-state index in [1.165, 1.54) is 0 Å². The van der Waals surface area contributed by atoms with Gasteiger partial charge in [-0.1, -0.05) is 56.3 Å². The van der Waals surface area contributed by atoms with Crippen LogP contribution in [-0.4, -0.2) is 16.9 Å². The predicted molar refractivity (Wildman–Crippen MR) is 127 cm³/mol. The fraction of sp³-hybridized carbons (Fsp3) is 0.208. The molecular formula is C24H25N3O2S. The van der Waals surface area contributed by atoms with Crippen LogP contribution in [0.3, 0.4) is 0 Å². The van der Waals surface area contributed by atoms with Gasteiger partial charge in [0.05, 0.1) is 6.42 Å². The summed E-state index contributed by atoms with van der Waals surface area (Å²) in [7, 11) is 0. The lowest BCUT2D eigenvalue weighted by molar-refractivity contribution is -0.119. The highest BCUT2D eigenvalue weighted by Gasteiger charge is 2.09. The molecule has 0 saturated heterocycles. The Bertz CT molecular complexity index is 1060. The van der Waals surface area contributed by atoms with E-state index in [1.807, 2.05) is 56.3 Å². The maximum Gasteiger partial charge on any atom is 0.230 e. The van der Waals surface area contributed by atoms with Crippen molar-refractivity contribution in [2.45, 2.75) is 26.7 Å². The van der Waals surface area contributed by atoms with Crippen LogP contribution in [0.1, 0.15) is 25.8 Å². The van der Waals surface area contributed by atoms with Crippen molar-refractivity contribution in [2.75, 3.05) is 10.6 Å². The van der Waals surface area contributed by atoms with Crippen LogP contribution in [-0.2, 0) is 16.0 Å². The van der Waals surface area contributed by atoms with Crippen molar-refractivity contribution in [3.63, 3.8) is 0 Å². The zero-order chi connectivity index (χ0) is 21.5. The Hall–Kier alpha value is -3.25. The van der Waals surface area contributed by atoms with Crippen molar-refractivity contribution in [2.24, 2.45) is 5.92 Å². The molecule has 0 bridgehead atoms. The van der Waals surface area contributed by atoms with Crippen molar-refractivity contribution < 1.29 is 9.59 Å². The highest BCUT2D eigenvalue weighted by atomic mass is 32.1. The summed E-state index contributed by atoms with van der Waals surface area (Å²) in [6, 6.07) is 21.1. The van der Waals surface area contributed by atoms with Gasteiger partial charge in [-0.2, -0.15) is 0 Å². The average Bonchev–Trinajstić information content (AvgIpc) is 2.69. The molecule has 0 aliphatic heterocycles. The summed E-state index contributed by atoms with van der Waals surface area (Å²) in [5.41, 5.74) is 2.40. The molecule has 0 heterocycles. The fourth-order valence-electron chi connectivity index (χ4n) is 3.17. The molecule has 0 radical (unpaired) electrons. The van der Waals surface area contributed by atoms with Crippen LogP contribution in [0.4, 0.5) is 11.4 Å². The minimum absolute atomic E-state index is 0.0121. The van der Waals surface area contributed by atoms with Gasteiger partial charge in [-0.15, -0.1) is 0 Å². The largest absolute Gasteiger partial charge is 0.332 e. The van der Waals surface area contributed by atoms with Gasteiger partial charge in [0.1, 0.15) is 0 Å². The zero-order valence-corrected chi connectivity index (χ0v) is 17.9. The van der Waals surface area contributed by atoms with Crippen LogP contribution in [0.5, 0.6) is 0 Å². The Morgan fingerprint density at radius 3 is 2.17 bits per heavy atom. The van der Waals surface area contributed by atoms with Crippen LogP contribution < -0.4 is 16.0 Å². The van der Waals surface area contributed by atoms with Gasteiger partial charge in [0, 0.05) is 17.8 Å². The summed E-state index contributed by atoms with van der Waals surface area (Å²) in [6.45, 7) is 4.00. The first-order chi connectivity index (χ1) is 14.4. The molecule has 0 fully saturated rings. The number of rotatable bonds is 6. The van der Waals surface area contributed by atoms with Crippen LogP contribution >= 0.6 is 12.2 Å². The number of anilines is 2. The van der Waals surface area contributed by atoms with Gasteiger partial charge in [0.2, 0.25) is 11.8 Å². The lowest BCUT2D eigenvalue weighted by Crippen LogP contribution is -2.35. The van der Waals surface area contributed by atoms with Crippen molar-refractivity contribution in [1.29, 1.82) is 0 Å². The molecule has 3 aromatic carbocycles. The maximum atomic E-state index is 12.4. The fourth-order valence-corrected chi connectivity index (χ4v) is 3.40. The van der Waals surface area contributed by atoms with Crippen molar-refractivity contribution in [1.82, 2.24) is 5.32 Å². The van der Waals surface area contributed by atoms with E-state index in [4.69, 9.17) is 12.2 Å². The first-order valence-corrected chi connectivity index (χ1v) is 10.3. The molecule has 0 saturated carbocycles. The zero-order valence-electron chi connectivity index (χ0n) is 17.1. The normalized spacial score (nSPS) is 10.6. The first-order valence-electron chi connectivity index (χ1n) is 9.88. The number of carbonyl (C=O) groups is 2. The van der Waals surface area contributed by atoms with Crippen LogP contribution in [0.15, 0.2) is 66.7 Å². The average molecular weight is 420 g/mol. The number of fused-ring (bicyclic) bond motifs is 1. The third kappa shape index (κ3) is 6.12. The molecule has 5 nitrogen and oxygen atoms in total.